The molecule has 0 amide bonds. The van der Waals surface area contributed by atoms with Crippen molar-refractivity contribution >= 4 is 11.9 Å². The van der Waals surface area contributed by atoms with Crippen LogP contribution in [0.2, 0.25) is 0 Å². The maximum absolute atomic E-state index is 11.2. The standard InChI is InChI=1S/C15H20O3/c1-10(2)18-14-7-6-13(9-15(14)17-5)8-11(3)12(4)16/h6-10H,1-5H3/b11-8-. The van der Waals surface area contributed by atoms with E-state index in [-0.39, 0.29) is 11.9 Å². The number of hydrogen-bond acceptors (Lipinski definition) is 3. The van der Waals surface area contributed by atoms with Crippen molar-refractivity contribution in [3.05, 3.63) is 29.3 Å². The van der Waals surface area contributed by atoms with Gasteiger partial charge in [0.2, 0.25) is 0 Å². The van der Waals surface area contributed by atoms with Crippen LogP contribution in [0.25, 0.3) is 6.08 Å². The maximum atomic E-state index is 11.2. The van der Waals surface area contributed by atoms with Crippen LogP contribution in [0, 0.1) is 0 Å². The lowest BCUT2D eigenvalue weighted by molar-refractivity contribution is -0.113. The predicted octanol–water partition coefficient (Wildman–Crippen LogP) is 3.47. The summed E-state index contributed by atoms with van der Waals surface area (Å²) in [6.07, 6.45) is 1.93. The number of Topliss-reactive ketones (excluding diaryl/α,β-unsaturated/α-hetero) is 1. The summed E-state index contributed by atoms with van der Waals surface area (Å²) in [5.41, 5.74) is 1.64. The van der Waals surface area contributed by atoms with Crippen molar-refractivity contribution < 1.29 is 14.3 Å². The zero-order valence-electron chi connectivity index (χ0n) is 11.6. The zero-order chi connectivity index (χ0) is 13.7. The van der Waals surface area contributed by atoms with Crippen molar-refractivity contribution in [2.75, 3.05) is 7.11 Å². The second-order valence-electron chi connectivity index (χ2n) is 4.46. The third kappa shape index (κ3) is 3.91. The smallest absolute Gasteiger partial charge is 0.161 e. The van der Waals surface area contributed by atoms with Crippen LogP contribution < -0.4 is 9.47 Å². The highest BCUT2D eigenvalue weighted by Gasteiger charge is 2.07. The zero-order valence-corrected chi connectivity index (χ0v) is 11.6. The molecule has 3 nitrogen and oxygen atoms in total. The minimum Gasteiger partial charge on any atom is -0.493 e. The van der Waals surface area contributed by atoms with Gasteiger partial charge in [0.25, 0.3) is 0 Å². The summed E-state index contributed by atoms with van der Waals surface area (Å²) >= 11 is 0. The molecule has 0 aliphatic heterocycles. The van der Waals surface area contributed by atoms with Crippen LogP contribution in [0.4, 0.5) is 0 Å². The predicted molar refractivity (Wildman–Crippen MR) is 73.1 cm³/mol. The first kappa shape index (κ1) is 14.3. The van der Waals surface area contributed by atoms with Gasteiger partial charge in [0.05, 0.1) is 13.2 Å². The average Bonchev–Trinajstić information content (AvgIpc) is 2.30. The first-order valence-corrected chi connectivity index (χ1v) is 5.98. The molecule has 1 aromatic carbocycles. The van der Waals surface area contributed by atoms with Crippen LogP contribution >= 0.6 is 0 Å². The van der Waals surface area contributed by atoms with Crippen molar-refractivity contribution in [3.8, 4) is 11.5 Å². The molecule has 0 radical (unpaired) electrons. The van der Waals surface area contributed by atoms with E-state index >= 15 is 0 Å². The van der Waals surface area contributed by atoms with Crippen molar-refractivity contribution in [1.82, 2.24) is 0 Å². The molecule has 0 fully saturated rings. The summed E-state index contributed by atoms with van der Waals surface area (Å²) in [6.45, 7) is 7.28. The molecule has 0 aliphatic carbocycles. The number of methoxy groups -OCH3 is 1. The Morgan fingerprint density at radius 2 is 1.89 bits per heavy atom. The van der Waals surface area contributed by atoms with Crippen LogP contribution in [-0.2, 0) is 4.79 Å². The number of carbonyl (C=O) groups excluding carboxylic acids is 1. The maximum Gasteiger partial charge on any atom is 0.161 e. The largest absolute Gasteiger partial charge is 0.493 e. The number of hydrogen-bond donors (Lipinski definition) is 0. The van der Waals surface area contributed by atoms with Crippen LogP contribution in [0.3, 0.4) is 0 Å². The van der Waals surface area contributed by atoms with Gasteiger partial charge in [-0.05, 0) is 57.0 Å². The average molecular weight is 248 g/mol. The fraction of sp³-hybridized carbons (Fsp3) is 0.400. The second-order valence-corrected chi connectivity index (χ2v) is 4.46. The van der Waals surface area contributed by atoms with Gasteiger partial charge in [-0.1, -0.05) is 6.07 Å². The van der Waals surface area contributed by atoms with E-state index in [1.165, 1.54) is 0 Å². The topological polar surface area (TPSA) is 35.5 Å². The highest BCUT2D eigenvalue weighted by Crippen LogP contribution is 2.29. The summed E-state index contributed by atoms with van der Waals surface area (Å²) in [6, 6.07) is 5.63. The molecule has 0 saturated carbocycles. The Morgan fingerprint density at radius 3 is 2.39 bits per heavy atom. The summed E-state index contributed by atoms with van der Waals surface area (Å²) in [4.78, 5) is 11.2. The van der Waals surface area contributed by atoms with Crippen molar-refractivity contribution in [2.45, 2.75) is 33.8 Å². The lowest BCUT2D eigenvalue weighted by Crippen LogP contribution is -2.06. The SMILES string of the molecule is COc1cc(/C=C(/C)C(C)=O)ccc1OC(C)C. The van der Waals surface area contributed by atoms with Crippen LogP contribution in [0.5, 0.6) is 11.5 Å². The first-order chi connectivity index (χ1) is 8.43. The van der Waals surface area contributed by atoms with Crippen LogP contribution in [0.1, 0.15) is 33.3 Å². The van der Waals surface area contributed by atoms with E-state index in [4.69, 9.17) is 9.47 Å². The van der Waals surface area contributed by atoms with Gasteiger partial charge < -0.3 is 9.47 Å². The van der Waals surface area contributed by atoms with E-state index in [0.29, 0.717) is 11.5 Å². The summed E-state index contributed by atoms with van der Waals surface area (Å²) in [5, 5.41) is 0. The molecule has 0 bridgehead atoms. The van der Waals surface area contributed by atoms with Crippen molar-refractivity contribution in [3.63, 3.8) is 0 Å². The Bertz CT molecular complexity index is 459. The summed E-state index contributed by atoms with van der Waals surface area (Å²) < 4.78 is 10.9. The molecular formula is C15H20O3. The van der Waals surface area contributed by atoms with E-state index in [0.717, 1.165) is 11.1 Å². The van der Waals surface area contributed by atoms with Crippen molar-refractivity contribution in [1.29, 1.82) is 0 Å². The molecule has 0 unspecified atom stereocenters. The number of benzene rings is 1. The lowest BCUT2D eigenvalue weighted by atomic mass is 10.1. The summed E-state index contributed by atoms with van der Waals surface area (Å²) in [7, 11) is 1.61. The van der Waals surface area contributed by atoms with E-state index < -0.39 is 0 Å². The fourth-order valence-electron chi connectivity index (χ4n) is 1.48. The second kappa shape index (κ2) is 6.24. The fourth-order valence-corrected chi connectivity index (χ4v) is 1.48. The van der Waals surface area contributed by atoms with Crippen molar-refractivity contribution in [2.24, 2.45) is 0 Å². The highest BCUT2D eigenvalue weighted by molar-refractivity contribution is 5.97. The van der Waals surface area contributed by atoms with E-state index in [1.54, 1.807) is 21.0 Å². The highest BCUT2D eigenvalue weighted by atomic mass is 16.5. The molecule has 1 aromatic rings. The monoisotopic (exact) mass is 248 g/mol. The Labute approximate surface area is 108 Å². The minimum absolute atomic E-state index is 0.0662. The van der Waals surface area contributed by atoms with E-state index in [9.17, 15) is 4.79 Å². The molecule has 0 atom stereocenters. The third-order valence-corrected chi connectivity index (χ3v) is 2.49. The molecule has 18 heavy (non-hydrogen) atoms. The van der Waals surface area contributed by atoms with Gasteiger partial charge in [-0.25, -0.2) is 0 Å². The quantitative estimate of drug-likeness (QED) is 0.748. The Kier molecular flexibility index (Phi) is 4.95. The van der Waals surface area contributed by atoms with E-state index in [1.807, 2.05) is 38.1 Å². The molecule has 0 aromatic heterocycles. The molecule has 1 rings (SSSR count). The van der Waals surface area contributed by atoms with Gasteiger partial charge in [0, 0.05) is 0 Å². The third-order valence-electron chi connectivity index (χ3n) is 2.49. The first-order valence-electron chi connectivity index (χ1n) is 5.98. The van der Waals surface area contributed by atoms with Crippen LogP contribution in [-0.4, -0.2) is 19.0 Å². The minimum atomic E-state index is 0.0662. The van der Waals surface area contributed by atoms with E-state index in [2.05, 4.69) is 0 Å². The van der Waals surface area contributed by atoms with Gasteiger partial charge in [0.15, 0.2) is 17.3 Å². The number of ether oxygens (including phenoxy) is 2. The van der Waals surface area contributed by atoms with Gasteiger partial charge in [0.1, 0.15) is 0 Å². The van der Waals surface area contributed by atoms with Gasteiger partial charge in [-0.3, -0.25) is 4.79 Å². The normalized spacial score (nSPS) is 11.6. The Morgan fingerprint density at radius 1 is 1.22 bits per heavy atom. The molecule has 0 heterocycles. The number of rotatable bonds is 5. The molecule has 0 N–H and O–H groups in total. The number of allylic oxidation sites excluding steroid dienone is 1. The molecule has 98 valence electrons. The number of carbonyl (C=O) groups is 1. The molecule has 0 saturated heterocycles. The van der Waals surface area contributed by atoms with Gasteiger partial charge in [-0.15, -0.1) is 0 Å². The van der Waals surface area contributed by atoms with Gasteiger partial charge >= 0.3 is 0 Å². The molecule has 0 aliphatic rings. The number of ketones is 1. The molecular weight excluding hydrogens is 228 g/mol. The molecule has 0 spiro atoms. The summed E-state index contributed by atoms with van der Waals surface area (Å²) in [5.74, 6) is 1.45. The van der Waals surface area contributed by atoms with Crippen LogP contribution in [0.15, 0.2) is 23.8 Å². The molecule has 3 heteroatoms. The Balaban J connectivity index is 3.05. The lowest BCUT2D eigenvalue weighted by Gasteiger charge is -2.13. The Hall–Kier alpha value is -1.77. The van der Waals surface area contributed by atoms with Gasteiger partial charge in [-0.2, -0.15) is 0 Å².